The van der Waals surface area contributed by atoms with E-state index in [2.05, 4.69) is 10.6 Å². The van der Waals surface area contributed by atoms with Crippen molar-refractivity contribution in [2.75, 3.05) is 13.1 Å². The summed E-state index contributed by atoms with van der Waals surface area (Å²) in [5.41, 5.74) is 0. The van der Waals surface area contributed by atoms with Crippen LogP contribution >= 0.6 is 0 Å². The lowest BCUT2D eigenvalue weighted by molar-refractivity contribution is -0.139. The number of carboxylic acid groups (broad SMARTS) is 2. The third kappa shape index (κ3) is 9.68. The number of urea groups is 1. The van der Waals surface area contributed by atoms with E-state index in [0.29, 0.717) is 19.4 Å². The topological polar surface area (TPSA) is 145 Å². The molecule has 20 heavy (non-hydrogen) atoms. The quantitative estimate of drug-likeness (QED) is 0.349. The van der Waals surface area contributed by atoms with Gasteiger partial charge in [0.05, 0.1) is 0 Å². The number of rotatable bonds is 9. The third-order valence-corrected chi connectivity index (χ3v) is 2.30. The van der Waals surface area contributed by atoms with Crippen LogP contribution in [-0.2, 0) is 14.4 Å². The van der Waals surface area contributed by atoms with Crippen LogP contribution in [0.15, 0.2) is 0 Å². The molecule has 0 radical (unpaired) electrons. The van der Waals surface area contributed by atoms with Crippen molar-refractivity contribution >= 4 is 23.9 Å². The second-order valence-corrected chi connectivity index (χ2v) is 4.09. The Morgan fingerprint density at radius 1 is 1.05 bits per heavy atom. The standard InChI is InChI=1S/C11H19N3O6/c1-7(15)12-5-3-2-4-8(10(18)19)14-11(20)13-6-9(16)17/h8H,2-6H2,1H3,(H,12,15)(H,16,17)(H,18,19)(H2,13,14,20)/t8-/m0/s1. The maximum absolute atomic E-state index is 11.2. The van der Waals surface area contributed by atoms with Gasteiger partial charge in [0.15, 0.2) is 0 Å². The van der Waals surface area contributed by atoms with E-state index >= 15 is 0 Å². The van der Waals surface area contributed by atoms with E-state index in [1.165, 1.54) is 6.92 Å². The molecule has 0 fully saturated rings. The van der Waals surface area contributed by atoms with Crippen LogP contribution in [0.3, 0.4) is 0 Å². The van der Waals surface area contributed by atoms with Gasteiger partial charge in [0.25, 0.3) is 0 Å². The van der Waals surface area contributed by atoms with Crippen molar-refractivity contribution in [3.8, 4) is 0 Å². The summed E-state index contributed by atoms with van der Waals surface area (Å²) in [5.74, 6) is -2.58. The highest BCUT2D eigenvalue weighted by molar-refractivity contribution is 5.84. The molecule has 5 N–H and O–H groups in total. The number of carboxylic acids is 2. The molecular formula is C11H19N3O6. The number of carbonyl (C=O) groups excluding carboxylic acids is 2. The van der Waals surface area contributed by atoms with Crippen LogP contribution < -0.4 is 16.0 Å². The van der Waals surface area contributed by atoms with E-state index in [1.54, 1.807) is 0 Å². The predicted octanol–water partition coefficient (Wildman–Crippen LogP) is -0.870. The van der Waals surface area contributed by atoms with Crippen molar-refractivity contribution in [2.24, 2.45) is 0 Å². The number of hydrogen-bond donors (Lipinski definition) is 5. The number of amides is 3. The van der Waals surface area contributed by atoms with E-state index in [4.69, 9.17) is 10.2 Å². The number of aliphatic carboxylic acids is 2. The summed E-state index contributed by atoms with van der Waals surface area (Å²) in [6.07, 6.45) is 1.27. The average Bonchev–Trinajstić information content (AvgIpc) is 2.33. The lowest BCUT2D eigenvalue weighted by Crippen LogP contribution is -2.47. The van der Waals surface area contributed by atoms with Gasteiger partial charge in [-0.05, 0) is 19.3 Å². The van der Waals surface area contributed by atoms with E-state index in [1.807, 2.05) is 5.32 Å². The maximum atomic E-state index is 11.2. The molecule has 0 spiro atoms. The zero-order valence-electron chi connectivity index (χ0n) is 11.1. The second-order valence-electron chi connectivity index (χ2n) is 4.09. The van der Waals surface area contributed by atoms with Crippen LogP contribution in [0, 0.1) is 0 Å². The van der Waals surface area contributed by atoms with E-state index < -0.39 is 30.6 Å². The first-order valence-corrected chi connectivity index (χ1v) is 6.06. The number of nitrogens with one attached hydrogen (secondary N) is 3. The molecule has 0 bridgehead atoms. The van der Waals surface area contributed by atoms with Gasteiger partial charge in [0.2, 0.25) is 5.91 Å². The summed E-state index contributed by atoms with van der Waals surface area (Å²) in [7, 11) is 0. The van der Waals surface area contributed by atoms with Crippen LogP contribution in [0.25, 0.3) is 0 Å². The molecule has 0 aromatic rings. The predicted molar refractivity (Wildman–Crippen MR) is 68.1 cm³/mol. The molecule has 0 aliphatic rings. The molecule has 0 rings (SSSR count). The Balaban J connectivity index is 3.98. The monoisotopic (exact) mass is 289 g/mol. The molecular weight excluding hydrogens is 270 g/mol. The third-order valence-electron chi connectivity index (χ3n) is 2.30. The van der Waals surface area contributed by atoms with Gasteiger partial charge < -0.3 is 26.2 Å². The first-order chi connectivity index (χ1) is 9.32. The molecule has 0 aliphatic heterocycles. The van der Waals surface area contributed by atoms with E-state index in [-0.39, 0.29) is 12.3 Å². The fourth-order valence-corrected chi connectivity index (χ4v) is 1.36. The fraction of sp³-hybridized carbons (Fsp3) is 0.636. The Kier molecular flexibility index (Phi) is 8.48. The average molecular weight is 289 g/mol. The normalized spacial score (nSPS) is 11.2. The number of hydrogen-bond acceptors (Lipinski definition) is 4. The minimum atomic E-state index is -1.22. The van der Waals surface area contributed by atoms with Crippen molar-refractivity contribution in [3.63, 3.8) is 0 Å². The number of carbonyl (C=O) groups is 4. The van der Waals surface area contributed by atoms with Crippen LogP contribution in [-0.4, -0.2) is 53.2 Å². The highest BCUT2D eigenvalue weighted by atomic mass is 16.4. The molecule has 0 aromatic heterocycles. The van der Waals surface area contributed by atoms with Crippen LogP contribution in [0.5, 0.6) is 0 Å². The summed E-state index contributed by atoms with van der Waals surface area (Å²) in [6, 6.07) is -1.94. The molecule has 0 aliphatic carbocycles. The van der Waals surface area contributed by atoms with Crippen molar-refractivity contribution in [1.29, 1.82) is 0 Å². The van der Waals surface area contributed by atoms with Gasteiger partial charge in [-0.15, -0.1) is 0 Å². The lowest BCUT2D eigenvalue weighted by Gasteiger charge is -2.14. The summed E-state index contributed by atoms with van der Waals surface area (Å²) in [4.78, 5) is 43.0. The summed E-state index contributed by atoms with van der Waals surface area (Å²) >= 11 is 0. The molecule has 0 saturated heterocycles. The zero-order valence-corrected chi connectivity index (χ0v) is 11.1. The van der Waals surface area contributed by atoms with Gasteiger partial charge in [-0.3, -0.25) is 9.59 Å². The smallest absolute Gasteiger partial charge is 0.326 e. The SMILES string of the molecule is CC(=O)NCCCC[C@H](NC(=O)NCC(=O)O)C(=O)O. The van der Waals surface area contributed by atoms with Gasteiger partial charge in [-0.2, -0.15) is 0 Å². The lowest BCUT2D eigenvalue weighted by atomic mass is 10.1. The van der Waals surface area contributed by atoms with Crippen LogP contribution in [0.4, 0.5) is 4.79 Å². The molecule has 3 amide bonds. The number of unbranched alkanes of at least 4 members (excludes halogenated alkanes) is 1. The first-order valence-electron chi connectivity index (χ1n) is 6.06. The highest BCUT2D eigenvalue weighted by Crippen LogP contribution is 2.01. The minimum Gasteiger partial charge on any atom is -0.480 e. The Labute approximate surface area is 115 Å². The Bertz CT molecular complexity index is 371. The molecule has 114 valence electrons. The largest absolute Gasteiger partial charge is 0.480 e. The van der Waals surface area contributed by atoms with Crippen molar-refractivity contribution in [2.45, 2.75) is 32.2 Å². The van der Waals surface area contributed by atoms with Gasteiger partial charge in [-0.25, -0.2) is 9.59 Å². The molecule has 0 saturated carbocycles. The van der Waals surface area contributed by atoms with Crippen LogP contribution in [0.1, 0.15) is 26.2 Å². The Morgan fingerprint density at radius 2 is 1.70 bits per heavy atom. The highest BCUT2D eigenvalue weighted by Gasteiger charge is 2.19. The van der Waals surface area contributed by atoms with Gasteiger partial charge >= 0.3 is 18.0 Å². The summed E-state index contributed by atoms with van der Waals surface area (Å²) < 4.78 is 0. The zero-order chi connectivity index (χ0) is 15.5. The van der Waals surface area contributed by atoms with Gasteiger partial charge in [-0.1, -0.05) is 0 Å². The van der Waals surface area contributed by atoms with Gasteiger partial charge in [0, 0.05) is 13.5 Å². The summed E-state index contributed by atoms with van der Waals surface area (Å²) in [5, 5.41) is 24.0. The molecule has 9 nitrogen and oxygen atoms in total. The maximum Gasteiger partial charge on any atom is 0.326 e. The van der Waals surface area contributed by atoms with Crippen LogP contribution in [0.2, 0.25) is 0 Å². The molecule has 0 unspecified atom stereocenters. The van der Waals surface area contributed by atoms with E-state index in [0.717, 1.165) is 0 Å². The van der Waals surface area contributed by atoms with Crippen molar-refractivity contribution < 1.29 is 29.4 Å². The molecule has 1 atom stereocenters. The van der Waals surface area contributed by atoms with Crippen molar-refractivity contribution in [3.05, 3.63) is 0 Å². The second kappa shape index (κ2) is 9.59. The fourth-order valence-electron chi connectivity index (χ4n) is 1.36. The summed E-state index contributed by atoms with van der Waals surface area (Å²) in [6.45, 7) is 1.24. The Morgan fingerprint density at radius 3 is 2.20 bits per heavy atom. The van der Waals surface area contributed by atoms with Gasteiger partial charge in [0.1, 0.15) is 12.6 Å². The van der Waals surface area contributed by atoms with E-state index in [9.17, 15) is 19.2 Å². The molecule has 0 heterocycles. The Hall–Kier alpha value is -2.32. The first kappa shape index (κ1) is 17.7. The minimum absolute atomic E-state index is 0.161. The molecule has 0 aromatic carbocycles. The molecule has 9 heteroatoms. The van der Waals surface area contributed by atoms with Crippen molar-refractivity contribution in [1.82, 2.24) is 16.0 Å².